The van der Waals surface area contributed by atoms with Crippen molar-refractivity contribution in [2.75, 3.05) is 0 Å². The molecule has 11 rings (SSSR count). The minimum absolute atomic E-state index is 0.686. The highest BCUT2D eigenvalue weighted by molar-refractivity contribution is 6.28. The Bertz CT molecular complexity index is 2950. The first-order valence-electron chi connectivity index (χ1n) is 16.2. The van der Waals surface area contributed by atoms with Crippen LogP contribution in [-0.4, -0.2) is 9.97 Å². The lowest BCUT2D eigenvalue weighted by molar-refractivity contribution is 0.668. The fourth-order valence-corrected chi connectivity index (χ4v) is 7.73. The largest absolute Gasteiger partial charge is 0.456 e. The minimum Gasteiger partial charge on any atom is -0.456 e. The Kier molecular flexibility index (Phi) is 5.08. The van der Waals surface area contributed by atoms with Gasteiger partial charge in [0.15, 0.2) is 5.82 Å². The Morgan fingerprint density at radius 3 is 1.85 bits per heavy atom. The molecule has 3 aromatic heterocycles. The Hall–Kier alpha value is -6.52. The highest BCUT2D eigenvalue weighted by Crippen LogP contribution is 2.51. The molecule has 10 aromatic rings. The van der Waals surface area contributed by atoms with Crippen molar-refractivity contribution in [3.63, 3.8) is 0 Å². The van der Waals surface area contributed by atoms with Crippen LogP contribution in [0.25, 0.3) is 111 Å². The third-order valence-corrected chi connectivity index (χ3v) is 9.83. The molecule has 4 nitrogen and oxygen atoms in total. The summed E-state index contributed by atoms with van der Waals surface area (Å²) in [4.78, 5) is 10.3. The number of benzene rings is 7. The maximum atomic E-state index is 6.37. The third kappa shape index (κ3) is 3.54. The van der Waals surface area contributed by atoms with Crippen LogP contribution in [0.2, 0.25) is 0 Å². The second-order valence-electron chi connectivity index (χ2n) is 12.5. The summed E-state index contributed by atoms with van der Waals surface area (Å²) in [5.41, 5.74) is 13.2. The summed E-state index contributed by atoms with van der Waals surface area (Å²) in [6, 6.07) is 50.6. The molecule has 0 bridgehead atoms. The average molecular weight is 613 g/mol. The van der Waals surface area contributed by atoms with Crippen molar-refractivity contribution in [2.45, 2.75) is 0 Å². The van der Waals surface area contributed by atoms with Crippen molar-refractivity contribution in [3.05, 3.63) is 146 Å². The molecule has 3 heterocycles. The van der Waals surface area contributed by atoms with Crippen LogP contribution in [0.15, 0.2) is 154 Å². The maximum Gasteiger partial charge on any atom is 0.160 e. The Morgan fingerprint density at radius 2 is 1.00 bits per heavy atom. The van der Waals surface area contributed by atoms with E-state index in [1.807, 2.05) is 54.6 Å². The van der Waals surface area contributed by atoms with E-state index in [1.54, 1.807) is 0 Å². The van der Waals surface area contributed by atoms with Crippen LogP contribution in [0.4, 0.5) is 0 Å². The van der Waals surface area contributed by atoms with Gasteiger partial charge in [-0.2, -0.15) is 0 Å². The molecular formula is C44H24N2O2. The van der Waals surface area contributed by atoms with Gasteiger partial charge in [-0.15, -0.1) is 0 Å². The molecule has 0 N–H and O–H groups in total. The van der Waals surface area contributed by atoms with Crippen molar-refractivity contribution in [1.82, 2.24) is 9.97 Å². The van der Waals surface area contributed by atoms with Gasteiger partial charge in [-0.1, -0.05) is 109 Å². The van der Waals surface area contributed by atoms with E-state index in [2.05, 4.69) is 91.0 Å². The minimum atomic E-state index is 0.686. The molecule has 48 heavy (non-hydrogen) atoms. The number of hydrogen-bond acceptors (Lipinski definition) is 4. The summed E-state index contributed by atoms with van der Waals surface area (Å²) in [7, 11) is 0. The quantitative estimate of drug-likeness (QED) is 0.199. The number of fused-ring (bicyclic) bond motifs is 10. The van der Waals surface area contributed by atoms with Crippen LogP contribution < -0.4 is 0 Å². The van der Waals surface area contributed by atoms with E-state index >= 15 is 0 Å². The first kappa shape index (κ1) is 25.6. The van der Waals surface area contributed by atoms with Crippen molar-refractivity contribution in [2.24, 2.45) is 0 Å². The highest BCUT2D eigenvalue weighted by atomic mass is 16.3. The fourth-order valence-electron chi connectivity index (χ4n) is 7.73. The Morgan fingerprint density at radius 1 is 0.333 bits per heavy atom. The molecule has 0 amide bonds. The third-order valence-electron chi connectivity index (χ3n) is 9.83. The van der Waals surface area contributed by atoms with Crippen LogP contribution in [0, 0.1) is 0 Å². The number of furan rings is 2. The summed E-state index contributed by atoms with van der Waals surface area (Å²) in [6.07, 6.45) is 0. The maximum absolute atomic E-state index is 6.37. The van der Waals surface area contributed by atoms with E-state index in [1.165, 1.54) is 38.4 Å². The van der Waals surface area contributed by atoms with Gasteiger partial charge in [-0.25, -0.2) is 9.97 Å². The van der Waals surface area contributed by atoms with E-state index < -0.39 is 0 Å². The summed E-state index contributed by atoms with van der Waals surface area (Å²) in [6.45, 7) is 0. The van der Waals surface area contributed by atoms with E-state index in [0.717, 1.165) is 66.6 Å². The van der Waals surface area contributed by atoms with Crippen molar-refractivity contribution in [1.29, 1.82) is 0 Å². The van der Waals surface area contributed by atoms with Gasteiger partial charge in [0, 0.05) is 38.2 Å². The van der Waals surface area contributed by atoms with Crippen molar-refractivity contribution < 1.29 is 8.83 Å². The second-order valence-corrected chi connectivity index (χ2v) is 12.5. The number of para-hydroxylation sites is 2. The summed E-state index contributed by atoms with van der Waals surface area (Å²) in [5.74, 6) is 0.686. The predicted molar refractivity (Wildman–Crippen MR) is 195 cm³/mol. The van der Waals surface area contributed by atoms with Crippen LogP contribution in [0.5, 0.6) is 0 Å². The van der Waals surface area contributed by atoms with Crippen LogP contribution in [-0.2, 0) is 0 Å². The van der Waals surface area contributed by atoms with E-state index in [4.69, 9.17) is 18.8 Å². The first-order chi connectivity index (χ1) is 23.8. The first-order valence-corrected chi connectivity index (χ1v) is 16.2. The van der Waals surface area contributed by atoms with Crippen LogP contribution in [0.3, 0.4) is 0 Å². The number of rotatable bonds is 3. The molecule has 0 fully saturated rings. The molecule has 0 atom stereocenters. The van der Waals surface area contributed by atoms with Gasteiger partial charge in [-0.3, -0.25) is 0 Å². The molecule has 1 aliphatic carbocycles. The monoisotopic (exact) mass is 612 g/mol. The number of nitrogens with zero attached hydrogens (tertiary/aromatic N) is 2. The van der Waals surface area contributed by atoms with Gasteiger partial charge in [-0.05, 0) is 69.4 Å². The zero-order valence-electron chi connectivity index (χ0n) is 25.6. The summed E-state index contributed by atoms with van der Waals surface area (Å²) in [5, 5.41) is 6.95. The van der Waals surface area contributed by atoms with Crippen LogP contribution >= 0.6 is 0 Å². The lowest BCUT2D eigenvalue weighted by Crippen LogP contribution is -1.96. The zero-order valence-corrected chi connectivity index (χ0v) is 25.6. The van der Waals surface area contributed by atoms with Gasteiger partial charge in [0.2, 0.25) is 0 Å². The fraction of sp³-hybridized carbons (Fsp3) is 0. The van der Waals surface area contributed by atoms with Gasteiger partial charge in [0.05, 0.1) is 11.4 Å². The molecule has 7 aromatic carbocycles. The Labute approximate surface area is 274 Å². The molecule has 222 valence electrons. The average Bonchev–Trinajstić information content (AvgIpc) is 3.82. The Balaban J connectivity index is 1.14. The summed E-state index contributed by atoms with van der Waals surface area (Å²) >= 11 is 0. The molecule has 0 radical (unpaired) electrons. The highest BCUT2D eigenvalue weighted by Gasteiger charge is 2.26. The van der Waals surface area contributed by atoms with E-state index in [9.17, 15) is 0 Å². The molecule has 0 saturated heterocycles. The van der Waals surface area contributed by atoms with Gasteiger partial charge in [0.1, 0.15) is 22.3 Å². The lowest BCUT2D eigenvalue weighted by Gasteiger charge is -2.11. The molecule has 4 heteroatoms. The SMILES string of the molecule is c1ccc(-c2nc(-c3ccc4c(c3)-c3cccc5c3c-4cc3oc4ccccc4c35)cc(-c3cccc4oc5ccccc5c34)n2)cc1. The van der Waals surface area contributed by atoms with Gasteiger partial charge >= 0.3 is 0 Å². The molecular weight excluding hydrogens is 588 g/mol. The van der Waals surface area contributed by atoms with Crippen molar-refractivity contribution in [3.8, 4) is 56.2 Å². The standard InChI is InChI=1S/C44H24N2O2/c1-2-10-25(11-3-1)44-45-35(24-36(46-44)29-15-9-19-39-42(29)30-12-4-6-17-37(30)47-39)26-20-21-27-33(22-26)28-14-8-16-32-41(28)34(27)23-40-43(32)31-13-5-7-18-38(31)48-40/h1-24H. The normalized spacial score (nSPS) is 12.2. The number of aromatic nitrogens is 2. The van der Waals surface area contributed by atoms with Crippen molar-refractivity contribution >= 4 is 54.6 Å². The zero-order chi connectivity index (χ0) is 31.3. The molecule has 0 aliphatic heterocycles. The smallest absolute Gasteiger partial charge is 0.160 e. The number of hydrogen-bond donors (Lipinski definition) is 0. The topological polar surface area (TPSA) is 52.1 Å². The molecule has 0 saturated carbocycles. The lowest BCUT2D eigenvalue weighted by atomic mass is 9.98. The summed E-state index contributed by atoms with van der Waals surface area (Å²) < 4.78 is 12.6. The predicted octanol–water partition coefficient (Wildman–Crippen LogP) is 12.1. The van der Waals surface area contributed by atoms with Crippen LogP contribution in [0.1, 0.15) is 0 Å². The molecule has 1 aliphatic rings. The van der Waals surface area contributed by atoms with Gasteiger partial charge < -0.3 is 8.83 Å². The molecule has 0 unspecified atom stereocenters. The molecule has 0 spiro atoms. The van der Waals surface area contributed by atoms with E-state index in [-0.39, 0.29) is 0 Å². The second kappa shape index (κ2) is 9.50. The van der Waals surface area contributed by atoms with Gasteiger partial charge in [0.25, 0.3) is 0 Å². The van der Waals surface area contributed by atoms with E-state index in [0.29, 0.717) is 5.82 Å².